The van der Waals surface area contributed by atoms with Crippen LogP contribution in [-0.2, 0) is 0 Å². The highest BCUT2D eigenvalue weighted by Gasteiger charge is 2.05. The largest absolute Gasteiger partial charge is 0.478 e. The fourth-order valence-corrected chi connectivity index (χ4v) is 1.82. The number of carbonyl (C=O) groups is 1. The van der Waals surface area contributed by atoms with Crippen LogP contribution >= 0.6 is 11.6 Å². The first kappa shape index (κ1) is 11.6. The Morgan fingerprint density at radius 3 is 2.41 bits per heavy atom. The van der Waals surface area contributed by atoms with Crippen molar-refractivity contribution >= 4 is 17.6 Å². The average Bonchev–Trinajstić information content (AvgIpc) is 2.28. The van der Waals surface area contributed by atoms with Crippen molar-refractivity contribution in [3.05, 3.63) is 52.7 Å². The summed E-state index contributed by atoms with van der Waals surface area (Å²) >= 11 is 5.88. The second-order valence-electron chi connectivity index (χ2n) is 3.73. The van der Waals surface area contributed by atoms with Gasteiger partial charge in [0.1, 0.15) is 5.15 Å². The fraction of sp³-hybridized carbons (Fsp3) is 0.0769. The van der Waals surface area contributed by atoms with E-state index in [1.807, 2.05) is 13.0 Å². The van der Waals surface area contributed by atoms with Crippen LogP contribution in [0.4, 0.5) is 0 Å². The summed E-state index contributed by atoms with van der Waals surface area (Å²) in [5.41, 5.74) is 2.86. The van der Waals surface area contributed by atoms with Crippen molar-refractivity contribution in [2.45, 2.75) is 6.92 Å². The van der Waals surface area contributed by atoms with Crippen LogP contribution in [-0.4, -0.2) is 16.1 Å². The van der Waals surface area contributed by atoms with Crippen LogP contribution < -0.4 is 0 Å². The van der Waals surface area contributed by atoms with Crippen molar-refractivity contribution in [1.82, 2.24) is 4.98 Å². The molecule has 0 aliphatic carbocycles. The number of aromatic carboxylic acids is 1. The Morgan fingerprint density at radius 1 is 1.24 bits per heavy atom. The van der Waals surface area contributed by atoms with Gasteiger partial charge in [0.2, 0.25) is 0 Å². The van der Waals surface area contributed by atoms with Gasteiger partial charge in [-0.2, -0.15) is 0 Å². The Balaban J connectivity index is 2.43. The SMILES string of the molecule is Cc1cc(Cl)nc(-c2ccc(C(=O)O)cc2)c1. The van der Waals surface area contributed by atoms with Crippen molar-refractivity contribution in [3.63, 3.8) is 0 Å². The quantitative estimate of drug-likeness (QED) is 0.828. The van der Waals surface area contributed by atoms with Gasteiger partial charge in [-0.3, -0.25) is 0 Å². The van der Waals surface area contributed by atoms with Crippen molar-refractivity contribution in [1.29, 1.82) is 0 Å². The summed E-state index contributed by atoms with van der Waals surface area (Å²) in [4.78, 5) is 14.9. The monoisotopic (exact) mass is 247 g/mol. The first-order valence-electron chi connectivity index (χ1n) is 5.04. The number of rotatable bonds is 2. The highest BCUT2D eigenvalue weighted by molar-refractivity contribution is 6.29. The molecule has 0 saturated carbocycles. The molecular weight excluding hydrogens is 238 g/mol. The summed E-state index contributed by atoms with van der Waals surface area (Å²) in [7, 11) is 0. The second kappa shape index (κ2) is 4.55. The highest BCUT2D eigenvalue weighted by atomic mass is 35.5. The molecule has 0 spiro atoms. The maximum atomic E-state index is 10.7. The predicted octanol–water partition coefficient (Wildman–Crippen LogP) is 3.41. The molecule has 0 unspecified atom stereocenters. The van der Waals surface area contributed by atoms with E-state index in [9.17, 15) is 4.79 Å². The van der Waals surface area contributed by atoms with Crippen LogP contribution in [0.25, 0.3) is 11.3 Å². The topological polar surface area (TPSA) is 50.2 Å². The molecule has 86 valence electrons. The summed E-state index contributed by atoms with van der Waals surface area (Å²) in [6, 6.07) is 10.2. The minimum Gasteiger partial charge on any atom is -0.478 e. The molecule has 17 heavy (non-hydrogen) atoms. The van der Waals surface area contributed by atoms with E-state index in [1.165, 1.54) is 0 Å². The Labute approximate surface area is 104 Å². The summed E-state index contributed by atoms with van der Waals surface area (Å²) < 4.78 is 0. The number of hydrogen-bond donors (Lipinski definition) is 1. The summed E-state index contributed by atoms with van der Waals surface area (Å²) in [6.07, 6.45) is 0. The van der Waals surface area contributed by atoms with Crippen molar-refractivity contribution in [3.8, 4) is 11.3 Å². The third-order valence-corrected chi connectivity index (χ3v) is 2.56. The van der Waals surface area contributed by atoms with Gasteiger partial charge < -0.3 is 5.11 Å². The maximum Gasteiger partial charge on any atom is 0.335 e. The smallest absolute Gasteiger partial charge is 0.335 e. The number of carboxylic acid groups (broad SMARTS) is 1. The number of pyridine rings is 1. The van der Waals surface area contributed by atoms with Gasteiger partial charge >= 0.3 is 5.97 Å². The van der Waals surface area contributed by atoms with Gasteiger partial charge in [0, 0.05) is 5.56 Å². The first-order valence-corrected chi connectivity index (χ1v) is 5.42. The van der Waals surface area contributed by atoms with E-state index in [1.54, 1.807) is 30.3 Å². The van der Waals surface area contributed by atoms with Gasteiger partial charge in [-0.15, -0.1) is 0 Å². The molecule has 0 aliphatic rings. The molecule has 3 nitrogen and oxygen atoms in total. The van der Waals surface area contributed by atoms with E-state index in [0.717, 1.165) is 16.8 Å². The number of nitrogens with zero attached hydrogens (tertiary/aromatic N) is 1. The van der Waals surface area contributed by atoms with Crippen LogP contribution in [0.2, 0.25) is 5.15 Å². The van der Waals surface area contributed by atoms with E-state index in [0.29, 0.717) is 5.15 Å². The zero-order valence-electron chi connectivity index (χ0n) is 9.14. The minimum atomic E-state index is -0.938. The number of carboxylic acids is 1. The van der Waals surface area contributed by atoms with Crippen molar-refractivity contribution in [2.75, 3.05) is 0 Å². The molecule has 1 aromatic heterocycles. The molecule has 1 heterocycles. The molecule has 0 amide bonds. The molecule has 0 saturated heterocycles. The molecule has 2 rings (SSSR count). The molecule has 1 aromatic carbocycles. The summed E-state index contributed by atoms with van der Waals surface area (Å²) in [5, 5.41) is 9.23. The Morgan fingerprint density at radius 2 is 1.88 bits per heavy atom. The molecule has 0 radical (unpaired) electrons. The van der Waals surface area contributed by atoms with Crippen LogP contribution in [0.1, 0.15) is 15.9 Å². The van der Waals surface area contributed by atoms with Gasteiger partial charge in [0.05, 0.1) is 11.3 Å². The third-order valence-electron chi connectivity index (χ3n) is 2.37. The average molecular weight is 248 g/mol. The van der Waals surface area contributed by atoms with Crippen molar-refractivity contribution < 1.29 is 9.90 Å². The molecule has 0 atom stereocenters. The first-order chi connectivity index (χ1) is 8.06. The normalized spacial score (nSPS) is 10.2. The molecule has 0 bridgehead atoms. The van der Waals surface area contributed by atoms with Gasteiger partial charge in [-0.05, 0) is 36.8 Å². The lowest BCUT2D eigenvalue weighted by atomic mass is 10.1. The predicted molar refractivity (Wildman–Crippen MR) is 66.4 cm³/mol. The highest BCUT2D eigenvalue weighted by Crippen LogP contribution is 2.21. The number of hydrogen-bond acceptors (Lipinski definition) is 2. The maximum absolute atomic E-state index is 10.7. The molecule has 0 aliphatic heterocycles. The lowest BCUT2D eigenvalue weighted by molar-refractivity contribution is 0.0697. The minimum absolute atomic E-state index is 0.257. The lowest BCUT2D eigenvalue weighted by Crippen LogP contribution is -1.95. The second-order valence-corrected chi connectivity index (χ2v) is 4.12. The fourth-order valence-electron chi connectivity index (χ4n) is 1.56. The van der Waals surface area contributed by atoms with E-state index in [4.69, 9.17) is 16.7 Å². The summed E-state index contributed by atoms with van der Waals surface area (Å²) in [5.74, 6) is -0.938. The lowest BCUT2D eigenvalue weighted by Gasteiger charge is -2.03. The number of aryl methyl sites for hydroxylation is 1. The Kier molecular flexibility index (Phi) is 3.11. The zero-order chi connectivity index (χ0) is 12.4. The van der Waals surface area contributed by atoms with Crippen LogP contribution in [0.15, 0.2) is 36.4 Å². The van der Waals surface area contributed by atoms with E-state index < -0.39 is 5.97 Å². The van der Waals surface area contributed by atoms with E-state index in [2.05, 4.69) is 4.98 Å². The van der Waals surface area contributed by atoms with Crippen LogP contribution in [0.5, 0.6) is 0 Å². The number of benzene rings is 1. The number of aromatic nitrogens is 1. The van der Waals surface area contributed by atoms with Gasteiger partial charge in [-0.25, -0.2) is 9.78 Å². The Hall–Kier alpha value is -1.87. The van der Waals surface area contributed by atoms with Gasteiger partial charge in [0.25, 0.3) is 0 Å². The van der Waals surface area contributed by atoms with E-state index >= 15 is 0 Å². The Bertz CT molecular complexity index is 544. The van der Waals surface area contributed by atoms with Gasteiger partial charge in [-0.1, -0.05) is 23.7 Å². The third kappa shape index (κ3) is 2.63. The van der Waals surface area contributed by atoms with Crippen molar-refractivity contribution in [2.24, 2.45) is 0 Å². The zero-order valence-corrected chi connectivity index (χ0v) is 9.90. The molecule has 0 fully saturated rings. The van der Waals surface area contributed by atoms with Crippen LogP contribution in [0, 0.1) is 6.92 Å². The standard InChI is InChI=1S/C13H10ClNO2/c1-8-6-11(15-12(14)7-8)9-2-4-10(5-3-9)13(16)17/h2-7H,1H3,(H,16,17). The summed E-state index contributed by atoms with van der Waals surface area (Å²) in [6.45, 7) is 1.93. The number of halogens is 1. The van der Waals surface area contributed by atoms with Crippen LogP contribution in [0.3, 0.4) is 0 Å². The molecule has 1 N–H and O–H groups in total. The molecule has 2 aromatic rings. The molecule has 4 heteroatoms. The molecular formula is C13H10ClNO2. The van der Waals surface area contributed by atoms with E-state index in [-0.39, 0.29) is 5.56 Å². The van der Waals surface area contributed by atoms with Gasteiger partial charge in [0.15, 0.2) is 0 Å².